The molecule has 0 spiro atoms. The van der Waals surface area contributed by atoms with Gasteiger partial charge in [-0.25, -0.2) is 8.42 Å². The van der Waals surface area contributed by atoms with Gasteiger partial charge in [-0.2, -0.15) is 0 Å². The first-order chi connectivity index (χ1) is 14.0. The zero-order valence-electron chi connectivity index (χ0n) is 17.8. The molecule has 0 bridgehead atoms. The number of halogens is 1. The Kier molecular flexibility index (Phi) is 8.64. The van der Waals surface area contributed by atoms with Gasteiger partial charge in [-0.3, -0.25) is 9.10 Å². The molecule has 1 N–H and O–H groups in total. The number of anilines is 1. The summed E-state index contributed by atoms with van der Waals surface area (Å²) in [4.78, 5) is 13.4. The molecular weight excluding hydrogens is 440 g/mol. The summed E-state index contributed by atoms with van der Waals surface area (Å²) in [6.45, 7) is 6.52. The minimum absolute atomic E-state index is 0.0319. The number of sulfonamides is 1. The lowest BCUT2D eigenvalue weighted by Crippen LogP contribution is -2.40. The van der Waals surface area contributed by atoms with E-state index in [1.807, 2.05) is 36.4 Å². The van der Waals surface area contributed by atoms with Gasteiger partial charge in [-0.1, -0.05) is 44.5 Å². The highest BCUT2D eigenvalue weighted by molar-refractivity contribution is 7.99. The zero-order chi connectivity index (χ0) is 22.4. The molecule has 0 aromatic heterocycles. The predicted molar refractivity (Wildman–Crippen MR) is 127 cm³/mol. The summed E-state index contributed by atoms with van der Waals surface area (Å²) in [6, 6.07) is 14.9. The molecule has 2 aromatic rings. The van der Waals surface area contributed by atoms with Crippen molar-refractivity contribution < 1.29 is 13.2 Å². The van der Waals surface area contributed by atoms with E-state index in [0.29, 0.717) is 17.3 Å². The fraction of sp³-hybridized carbons (Fsp3) is 0.409. The van der Waals surface area contributed by atoms with Crippen molar-refractivity contribution in [2.45, 2.75) is 37.5 Å². The second kappa shape index (κ2) is 10.6. The summed E-state index contributed by atoms with van der Waals surface area (Å²) in [7, 11) is -3.58. The molecule has 8 heteroatoms. The molecule has 2 rings (SSSR count). The number of rotatable bonds is 9. The number of nitrogens with zero attached hydrogens (tertiary/aromatic N) is 1. The average Bonchev–Trinajstić information content (AvgIpc) is 2.66. The van der Waals surface area contributed by atoms with E-state index in [4.69, 9.17) is 11.6 Å². The van der Waals surface area contributed by atoms with Gasteiger partial charge in [-0.15, -0.1) is 11.8 Å². The quantitative estimate of drug-likeness (QED) is 0.427. The molecule has 0 aliphatic heterocycles. The number of carbonyl (C=O) groups is 1. The Morgan fingerprint density at radius 2 is 1.67 bits per heavy atom. The zero-order valence-corrected chi connectivity index (χ0v) is 20.2. The van der Waals surface area contributed by atoms with Gasteiger partial charge < -0.3 is 5.32 Å². The van der Waals surface area contributed by atoms with Gasteiger partial charge in [0, 0.05) is 16.5 Å². The molecule has 1 amide bonds. The van der Waals surface area contributed by atoms with Crippen molar-refractivity contribution in [1.29, 1.82) is 0 Å². The Balaban J connectivity index is 1.87. The van der Waals surface area contributed by atoms with Gasteiger partial charge in [0.25, 0.3) is 0 Å². The van der Waals surface area contributed by atoms with Crippen molar-refractivity contribution >= 4 is 45.0 Å². The van der Waals surface area contributed by atoms with Crippen molar-refractivity contribution in [3.05, 3.63) is 59.1 Å². The van der Waals surface area contributed by atoms with Gasteiger partial charge in [-0.05, 0) is 59.6 Å². The molecule has 0 heterocycles. The summed E-state index contributed by atoms with van der Waals surface area (Å²) in [5, 5.41) is 3.51. The number of carbonyl (C=O) groups excluding carboxylic acids is 1. The third-order valence-corrected chi connectivity index (χ3v) is 6.93. The van der Waals surface area contributed by atoms with Crippen LogP contribution in [-0.4, -0.2) is 39.4 Å². The maximum absolute atomic E-state index is 12.3. The van der Waals surface area contributed by atoms with Crippen LogP contribution >= 0.6 is 23.4 Å². The Hall–Kier alpha value is -1.70. The highest BCUT2D eigenvalue weighted by atomic mass is 35.5. The standard InChI is InChI=1S/C22H29ClN2O3S2/c1-22(2,3)17-6-10-19(11-7-17)25(30(4,27)28)16-21(26)24-14-5-15-29-20-12-8-18(23)9-13-20/h6-13H,5,14-16H2,1-4H3,(H,24,26). The molecule has 0 unspecified atom stereocenters. The fourth-order valence-corrected chi connectivity index (χ4v) is 4.57. The summed E-state index contributed by atoms with van der Waals surface area (Å²) in [5.41, 5.74) is 1.55. The molecule has 164 valence electrons. The number of hydrogen-bond donors (Lipinski definition) is 1. The van der Waals surface area contributed by atoms with Crippen LogP contribution in [0.2, 0.25) is 5.02 Å². The highest BCUT2D eigenvalue weighted by Gasteiger charge is 2.21. The first-order valence-electron chi connectivity index (χ1n) is 9.70. The van der Waals surface area contributed by atoms with Crippen LogP contribution in [0.3, 0.4) is 0 Å². The van der Waals surface area contributed by atoms with Crippen LogP contribution in [0.5, 0.6) is 0 Å². The molecule has 0 saturated carbocycles. The van der Waals surface area contributed by atoms with Crippen molar-refractivity contribution in [3.8, 4) is 0 Å². The van der Waals surface area contributed by atoms with E-state index < -0.39 is 10.0 Å². The smallest absolute Gasteiger partial charge is 0.240 e. The van der Waals surface area contributed by atoms with Crippen LogP contribution in [0, 0.1) is 0 Å². The largest absolute Gasteiger partial charge is 0.354 e. The number of thioether (sulfide) groups is 1. The van der Waals surface area contributed by atoms with E-state index in [9.17, 15) is 13.2 Å². The third-order valence-electron chi connectivity index (χ3n) is 4.43. The first-order valence-corrected chi connectivity index (χ1v) is 12.9. The predicted octanol–water partition coefficient (Wildman–Crippen LogP) is 4.70. The van der Waals surface area contributed by atoms with Gasteiger partial charge in [0.2, 0.25) is 15.9 Å². The van der Waals surface area contributed by atoms with Crippen LogP contribution in [0.15, 0.2) is 53.4 Å². The maximum Gasteiger partial charge on any atom is 0.240 e. The Labute approximate surface area is 189 Å². The van der Waals surface area contributed by atoms with Gasteiger partial charge >= 0.3 is 0 Å². The molecule has 30 heavy (non-hydrogen) atoms. The van der Waals surface area contributed by atoms with Crippen LogP contribution < -0.4 is 9.62 Å². The van der Waals surface area contributed by atoms with Crippen molar-refractivity contribution in [1.82, 2.24) is 5.32 Å². The minimum Gasteiger partial charge on any atom is -0.354 e. The van der Waals surface area contributed by atoms with E-state index in [2.05, 4.69) is 26.1 Å². The first kappa shape index (κ1) is 24.6. The molecule has 0 aliphatic rings. The minimum atomic E-state index is -3.58. The fourth-order valence-electron chi connectivity index (χ4n) is 2.73. The maximum atomic E-state index is 12.3. The summed E-state index contributed by atoms with van der Waals surface area (Å²) in [5.74, 6) is 0.517. The topological polar surface area (TPSA) is 66.5 Å². The summed E-state index contributed by atoms with van der Waals surface area (Å²) < 4.78 is 25.6. The SMILES string of the molecule is CC(C)(C)c1ccc(N(CC(=O)NCCCSc2ccc(Cl)cc2)S(C)(=O)=O)cc1. The molecule has 0 atom stereocenters. The monoisotopic (exact) mass is 468 g/mol. The van der Waals surface area contributed by atoms with E-state index in [-0.39, 0.29) is 17.9 Å². The summed E-state index contributed by atoms with van der Waals surface area (Å²) >= 11 is 7.55. The van der Waals surface area contributed by atoms with E-state index in [1.165, 1.54) is 0 Å². The Morgan fingerprint density at radius 1 is 1.07 bits per heavy atom. The Morgan fingerprint density at radius 3 is 2.20 bits per heavy atom. The second-order valence-corrected chi connectivity index (χ2v) is 11.6. The number of hydrogen-bond acceptors (Lipinski definition) is 4. The van der Waals surface area contributed by atoms with Gasteiger partial charge in [0.1, 0.15) is 6.54 Å². The lowest BCUT2D eigenvalue weighted by atomic mass is 9.87. The third kappa shape index (κ3) is 7.85. The number of benzene rings is 2. The summed E-state index contributed by atoms with van der Waals surface area (Å²) in [6.07, 6.45) is 1.89. The lowest BCUT2D eigenvalue weighted by Gasteiger charge is -2.24. The molecule has 5 nitrogen and oxygen atoms in total. The normalized spacial score (nSPS) is 11.9. The highest BCUT2D eigenvalue weighted by Crippen LogP contribution is 2.26. The van der Waals surface area contributed by atoms with Crippen molar-refractivity contribution in [2.75, 3.05) is 29.4 Å². The molecule has 0 radical (unpaired) electrons. The number of amides is 1. The molecular formula is C22H29ClN2O3S2. The van der Waals surface area contributed by atoms with Crippen molar-refractivity contribution in [3.63, 3.8) is 0 Å². The van der Waals surface area contributed by atoms with Crippen molar-refractivity contribution in [2.24, 2.45) is 0 Å². The number of nitrogens with one attached hydrogen (secondary N) is 1. The Bertz CT molecular complexity index is 938. The van der Waals surface area contributed by atoms with Crippen LogP contribution in [0.4, 0.5) is 5.69 Å². The van der Waals surface area contributed by atoms with Gasteiger partial charge in [0.15, 0.2) is 0 Å². The second-order valence-electron chi connectivity index (χ2n) is 8.07. The van der Waals surface area contributed by atoms with Crippen LogP contribution in [0.1, 0.15) is 32.8 Å². The van der Waals surface area contributed by atoms with E-state index >= 15 is 0 Å². The average molecular weight is 469 g/mol. The van der Waals surface area contributed by atoms with E-state index in [1.54, 1.807) is 23.9 Å². The molecule has 0 fully saturated rings. The van der Waals surface area contributed by atoms with Crippen LogP contribution in [-0.2, 0) is 20.2 Å². The van der Waals surface area contributed by atoms with Gasteiger partial charge in [0.05, 0.1) is 11.9 Å². The molecule has 0 saturated heterocycles. The molecule has 0 aliphatic carbocycles. The lowest BCUT2D eigenvalue weighted by molar-refractivity contribution is -0.119. The van der Waals surface area contributed by atoms with E-state index in [0.717, 1.165) is 33.2 Å². The molecule has 2 aromatic carbocycles. The van der Waals surface area contributed by atoms with Crippen LogP contribution in [0.25, 0.3) is 0 Å².